The summed E-state index contributed by atoms with van der Waals surface area (Å²) in [5, 5.41) is 57.6. The normalized spacial score (nSPS) is 22.1. The highest BCUT2D eigenvalue weighted by Crippen LogP contribution is 2.17. The van der Waals surface area contributed by atoms with E-state index in [0.29, 0.717) is 0 Å². The van der Waals surface area contributed by atoms with Crippen LogP contribution in [-0.2, 0) is 14.4 Å². The Bertz CT molecular complexity index is 573. The summed E-state index contributed by atoms with van der Waals surface area (Å²) in [5.41, 5.74) is -1.82. The van der Waals surface area contributed by atoms with Crippen LogP contribution in [0.3, 0.4) is 0 Å². The average molecular weight is 450 g/mol. The maximum absolute atomic E-state index is 11.2. The van der Waals surface area contributed by atoms with Crippen LogP contribution in [0.25, 0.3) is 0 Å². The highest BCUT2D eigenvalue weighted by atomic mass is 16.4. The summed E-state index contributed by atoms with van der Waals surface area (Å²) in [7, 11) is 0. The van der Waals surface area contributed by atoms with Gasteiger partial charge < -0.3 is 30.6 Å². The van der Waals surface area contributed by atoms with Crippen molar-refractivity contribution >= 4 is 17.9 Å². The van der Waals surface area contributed by atoms with Gasteiger partial charge in [-0.1, -0.05) is 0 Å². The summed E-state index contributed by atoms with van der Waals surface area (Å²) in [6.45, 7) is 1.49. The molecule has 0 aromatic rings. The molecule has 1 saturated heterocycles. The zero-order chi connectivity index (χ0) is 23.6. The third kappa shape index (κ3) is 9.86. The molecule has 1 fully saturated rings. The molecule has 0 aromatic carbocycles. The fourth-order valence-electron chi connectivity index (χ4n) is 3.42. The van der Waals surface area contributed by atoms with E-state index in [1.54, 1.807) is 14.7 Å². The van der Waals surface area contributed by atoms with E-state index >= 15 is 0 Å². The molecule has 0 saturated carbocycles. The molecule has 1 rings (SSSR count). The topological polar surface area (TPSA) is 186 Å². The van der Waals surface area contributed by atoms with Gasteiger partial charge in [-0.05, 0) is 6.92 Å². The molecule has 1 aliphatic rings. The number of hydrogen-bond donors (Lipinski definition) is 6. The van der Waals surface area contributed by atoms with E-state index in [1.807, 2.05) is 0 Å². The molecule has 0 amide bonds. The van der Waals surface area contributed by atoms with Crippen LogP contribution in [0.5, 0.6) is 0 Å². The molecule has 31 heavy (non-hydrogen) atoms. The summed E-state index contributed by atoms with van der Waals surface area (Å²) in [4.78, 5) is 39.9. The summed E-state index contributed by atoms with van der Waals surface area (Å²) in [6.07, 6.45) is -1.48. The number of carbonyl (C=O) groups is 3. The molecule has 0 radical (unpaired) electrons. The maximum atomic E-state index is 11.2. The molecule has 13 nitrogen and oxygen atoms in total. The molecule has 0 aliphatic carbocycles. The predicted octanol–water partition coefficient (Wildman–Crippen LogP) is -3.48. The maximum Gasteiger partial charge on any atom is 0.317 e. The molecule has 1 aliphatic heterocycles. The summed E-state index contributed by atoms with van der Waals surface area (Å²) in [5.74, 6) is -3.15. The Morgan fingerprint density at radius 3 is 1.29 bits per heavy atom. The average Bonchev–Trinajstić information content (AvgIpc) is 2.65. The van der Waals surface area contributed by atoms with E-state index in [-0.39, 0.29) is 72.0 Å². The Morgan fingerprint density at radius 1 is 0.742 bits per heavy atom. The van der Waals surface area contributed by atoms with Crippen molar-refractivity contribution in [3.05, 3.63) is 0 Å². The Morgan fingerprint density at radius 2 is 1.03 bits per heavy atom. The summed E-state index contributed by atoms with van der Waals surface area (Å²) in [6, 6.07) is 0. The smallest absolute Gasteiger partial charge is 0.317 e. The number of aliphatic hydroxyl groups excluding tert-OH is 2. The number of rotatable bonds is 9. The fourth-order valence-corrected chi connectivity index (χ4v) is 3.42. The van der Waals surface area contributed by atoms with Crippen LogP contribution in [0.15, 0.2) is 0 Å². The van der Waals surface area contributed by atoms with Gasteiger partial charge in [0.15, 0.2) is 0 Å². The van der Waals surface area contributed by atoms with Crippen molar-refractivity contribution in [2.45, 2.75) is 18.8 Å². The molecular formula is C18H34N4O9. The van der Waals surface area contributed by atoms with Crippen LogP contribution in [0.4, 0.5) is 0 Å². The van der Waals surface area contributed by atoms with E-state index < -0.39 is 36.3 Å². The quantitative estimate of drug-likeness (QED) is 0.204. The molecule has 180 valence electrons. The van der Waals surface area contributed by atoms with Gasteiger partial charge in [0, 0.05) is 52.4 Å². The lowest BCUT2D eigenvalue weighted by Gasteiger charge is -2.42. The predicted molar refractivity (Wildman–Crippen MR) is 108 cm³/mol. The molecule has 0 bridgehead atoms. The Labute approximate surface area is 180 Å². The Balaban J connectivity index is 3.09. The second-order valence-electron chi connectivity index (χ2n) is 7.79. The highest BCUT2D eigenvalue weighted by Gasteiger charge is 2.37. The monoisotopic (exact) mass is 450 g/mol. The first-order chi connectivity index (χ1) is 14.4. The second kappa shape index (κ2) is 12.9. The summed E-state index contributed by atoms with van der Waals surface area (Å²) >= 11 is 0. The molecule has 13 heteroatoms. The van der Waals surface area contributed by atoms with Crippen LogP contribution in [0.1, 0.15) is 6.92 Å². The van der Waals surface area contributed by atoms with Gasteiger partial charge in [-0.2, -0.15) is 0 Å². The number of aliphatic carboxylic acids is 3. The van der Waals surface area contributed by atoms with Crippen LogP contribution in [-0.4, -0.2) is 159 Å². The Hall–Kier alpha value is -1.87. The molecule has 1 heterocycles. The van der Waals surface area contributed by atoms with Crippen molar-refractivity contribution in [2.24, 2.45) is 0 Å². The fraction of sp³-hybridized carbons (Fsp3) is 0.833. The van der Waals surface area contributed by atoms with E-state index in [9.17, 15) is 39.9 Å². The van der Waals surface area contributed by atoms with Gasteiger partial charge in [-0.15, -0.1) is 0 Å². The lowest BCUT2D eigenvalue weighted by molar-refractivity contribution is -0.180. The lowest BCUT2D eigenvalue weighted by Crippen LogP contribution is -2.59. The molecule has 2 atom stereocenters. The third-order valence-electron chi connectivity index (χ3n) is 5.36. The molecule has 0 spiro atoms. The van der Waals surface area contributed by atoms with Crippen LogP contribution >= 0.6 is 0 Å². The summed E-state index contributed by atoms with van der Waals surface area (Å²) < 4.78 is 0. The van der Waals surface area contributed by atoms with E-state index in [0.717, 1.165) is 0 Å². The molecule has 2 unspecified atom stereocenters. The van der Waals surface area contributed by atoms with Crippen LogP contribution in [0.2, 0.25) is 0 Å². The molecular weight excluding hydrogens is 416 g/mol. The number of carboxylic acids is 3. The standard InChI is InChI=1S/C18H34N4O9/c1-18(31,14(24)13-23)22-8-6-20(11-16(27)28)4-2-19(10-15(25)26)3-5-21(7-9-22)12-17(29)30/h14,23-24,31H,2-13H2,1H3,(H,25,26)(H,27,28)(H,29,30). The minimum atomic E-state index is -1.82. The van der Waals surface area contributed by atoms with Gasteiger partial charge in [0.25, 0.3) is 0 Å². The number of hydrogen-bond acceptors (Lipinski definition) is 10. The van der Waals surface area contributed by atoms with Crippen LogP contribution < -0.4 is 0 Å². The highest BCUT2D eigenvalue weighted by molar-refractivity contribution is 5.69. The van der Waals surface area contributed by atoms with Crippen LogP contribution in [0, 0.1) is 0 Å². The van der Waals surface area contributed by atoms with Gasteiger partial charge in [-0.3, -0.25) is 34.0 Å². The van der Waals surface area contributed by atoms with E-state index in [4.69, 9.17) is 5.11 Å². The lowest BCUT2D eigenvalue weighted by atomic mass is 10.1. The first kappa shape index (κ1) is 27.2. The van der Waals surface area contributed by atoms with Gasteiger partial charge in [0.05, 0.1) is 26.2 Å². The van der Waals surface area contributed by atoms with Crippen molar-refractivity contribution in [2.75, 3.05) is 78.6 Å². The minimum Gasteiger partial charge on any atom is -0.480 e. The first-order valence-electron chi connectivity index (χ1n) is 10.0. The van der Waals surface area contributed by atoms with Gasteiger partial charge in [0.1, 0.15) is 11.8 Å². The SMILES string of the molecule is CC(O)(C(O)CO)N1CCN(CC(=O)O)CCN(CC(=O)O)CCN(CC(=O)O)CC1. The number of aliphatic hydroxyl groups is 3. The largest absolute Gasteiger partial charge is 0.480 e. The number of nitrogens with zero attached hydrogens (tertiary/aromatic N) is 4. The Kier molecular flexibility index (Phi) is 11.3. The van der Waals surface area contributed by atoms with Crippen molar-refractivity contribution in [3.63, 3.8) is 0 Å². The zero-order valence-electron chi connectivity index (χ0n) is 17.8. The molecule has 0 aromatic heterocycles. The van der Waals surface area contributed by atoms with Crippen molar-refractivity contribution < 1.29 is 45.0 Å². The minimum absolute atomic E-state index is 0.136. The second-order valence-corrected chi connectivity index (χ2v) is 7.79. The van der Waals surface area contributed by atoms with Gasteiger partial charge in [0.2, 0.25) is 0 Å². The number of carboxylic acid groups (broad SMARTS) is 3. The molecule has 6 N–H and O–H groups in total. The van der Waals surface area contributed by atoms with E-state index in [2.05, 4.69) is 0 Å². The van der Waals surface area contributed by atoms with Crippen molar-refractivity contribution in [1.82, 2.24) is 19.6 Å². The van der Waals surface area contributed by atoms with E-state index in [1.165, 1.54) is 11.8 Å². The van der Waals surface area contributed by atoms with Crippen molar-refractivity contribution in [3.8, 4) is 0 Å². The van der Waals surface area contributed by atoms with Gasteiger partial charge >= 0.3 is 17.9 Å². The van der Waals surface area contributed by atoms with Gasteiger partial charge in [-0.25, -0.2) is 0 Å². The zero-order valence-corrected chi connectivity index (χ0v) is 17.8. The third-order valence-corrected chi connectivity index (χ3v) is 5.36. The van der Waals surface area contributed by atoms with Crippen molar-refractivity contribution in [1.29, 1.82) is 0 Å². The first-order valence-corrected chi connectivity index (χ1v) is 10.0.